The van der Waals surface area contributed by atoms with E-state index < -0.39 is 4.92 Å². The van der Waals surface area contributed by atoms with Gasteiger partial charge in [0.05, 0.1) is 15.6 Å². The topological polar surface area (TPSA) is 72.2 Å². The van der Waals surface area contributed by atoms with Gasteiger partial charge < -0.3 is 5.32 Å². The molecule has 0 aliphatic heterocycles. The summed E-state index contributed by atoms with van der Waals surface area (Å²) in [6, 6.07) is 10.6. The molecule has 5 nitrogen and oxygen atoms in total. The van der Waals surface area contributed by atoms with Crippen LogP contribution in [-0.2, 0) is 0 Å². The van der Waals surface area contributed by atoms with Gasteiger partial charge in [-0.25, -0.2) is 0 Å². The first-order chi connectivity index (χ1) is 9.47. The molecule has 6 heteroatoms. The van der Waals surface area contributed by atoms with Gasteiger partial charge in [-0.05, 0) is 36.8 Å². The Hall–Kier alpha value is -2.40. The van der Waals surface area contributed by atoms with Crippen LogP contribution in [0.1, 0.15) is 15.9 Å². The van der Waals surface area contributed by atoms with E-state index in [1.54, 1.807) is 12.1 Å². The summed E-state index contributed by atoms with van der Waals surface area (Å²) in [7, 11) is 0. The molecule has 0 saturated heterocycles. The molecule has 0 aliphatic rings. The van der Waals surface area contributed by atoms with Crippen molar-refractivity contribution in [2.24, 2.45) is 0 Å². The van der Waals surface area contributed by atoms with E-state index in [2.05, 4.69) is 5.32 Å². The van der Waals surface area contributed by atoms with Crippen LogP contribution in [0.5, 0.6) is 0 Å². The smallest absolute Gasteiger partial charge is 0.269 e. The number of benzene rings is 2. The quantitative estimate of drug-likeness (QED) is 0.690. The molecule has 0 atom stereocenters. The van der Waals surface area contributed by atoms with Crippen molar-refractivity contribution in [1.82, 2.24) is 0 Å². The third-order valence-electron chi connectivity index (χ3n) is 2.71. The van der Waals surface area contributed by atoms with E-state index in [0.717, 1.165) is 5.56 Å². The van der Waals surface area contributed by atoms with E-state index in [9.17, 15) is 14.9 Å². The van der Waals surface area contributed by atoms with Gasteiger partial charge >= 0.3 is 0 Å². The van der Waals surface area contributed by atoms with E-state index in [4.69, 9.17) is 11.6 Å². The Morgan fingerprint density at radius 3 is 2.40 bits per heavy atom. The monoisotopic (exact) mass is 290 g/mol. The number of hydrogen-bond acceptors (Lipinski definition) is 3. The molecule has 0 aromatic heterocycles. The number of carbonyl (C=O) groups is 1. The first kappa shape index (κ1) is 14.0. The lowest BCUT2D eigenvalue weighted by Gasteiger charge is -2.07. The lowest BCUT2D eigenvalue weighted by molar-refractivity contribution is -0.384. The van der Waals surface area contributed by atoms with Crippen LogP contribution >= 0.6 is 11.6 Å². The largest absolute Gasteiger partial charge is 0.321 e. The van der Waals surface area contributed by atoms with Gasteiger partial charge in [-0.3, -0.25) is 14.9 Å². The van der Waals surface area contributed by atoms with Crippen molar-refractivity contribution < 1.29 is 9.72 Å². The fraction of sp³-hybridized carbons (Fsp3) is 0.0714. The highest BCUT2D eigenvalue weighted by atomic mass is 35.5. The number of aryl methyl sites for hydroxylation is 1. The number of amides is 1. The average Bonchev–Trinajstić information content (AvgIpc) is 2.42. The molecule has 0 spiro atoms. The maximum atomic E-state index is 12.0. The van der Waals surface area contributed by atoms with Gasteiger partial charge in [0.1, 0.15) is 0 Å². The molecule has 2 aromatic carbocycles. The lowest BCUT2D eigenvalue weighted by atomic mass is 10.2. The molecular formula is C14H11ClN2O3. The Kier molecular flexibility index (Phi) is 4.00. The van der Waals surface area contributed by atoms with Crippen molar-refractivity contribution in [3.8, 4) is 0 Å². The fourth-order valence-corrected chi connectivity index (χ4v) is 1.93. The van der Waals surface area contributed by atoms with Gasteiger partial charge in [-0.1, -0.05) is 17.7 Å². The summed E-state index contributed by atoms with van der Waals surface area (Å²) in [6.45, 7) is 1.90. The Labute approximate surface area is 120 Å². The number of non-ortho nitro benzene ring substituents is 1. The Balaban J connectivity index is 2.17. The van der Waals surface area contributed by atoms with Crippen molar-refractivity contribution >= 4 is 28.9 Å². The Bertz CT molecular complexity index is 669. The highest BCUT2D eigenvalue weighted by Gasteiger charge is 2.11. The van der Waals surface area contributed by atoms with Crippen LogP contribution in [0, 0.1) is 17.0 Å². The van der Waals surface area contributed by atoms with E-state index in [-0.39, 0.29) is 11.6 Å². The predicted octanol–water partition coefficient (Wildman–Crippen LogP) is 3.81. The zero-order valence-electron chi connectivity index (χ0n) is 10.6. The molecule has 102 valence electrons. The minimum Gasteiger partial charge on any atom is -0.321 e. The molecule has 1 N–H and O–H groups in total. The Morgan fingerprint density at radius 2 is 1.85 bits per heavy atom. The van der Waals surface area contributed by atoms with Crippen LogP contribution in [0.15, 0.2) is 42.5 Å². The maximum Gasteiger partial charge on any atom is 0.269 e. The summed E-state index contributed by atoms with van der Waals surface area (Å²) in [5.74, 6) is -0.370. The van der Waals surface area contributed by atoms with E-state index in [1.165, 1.54) is 24.3 Å². The first-order valence-electron chi connectivity index (χ1n) is 5.79. The van der Waals surface area contributed by atoms with E-state index in [1.807, 2.05) is 13.0 Å². The molecule has 0 saturated carbocycles. The minimum atomic E-state index is -0.515. The first-order valence-corrected chi connectivity index (χ1v) is 6.17. The zero-order chi connectivity index (χ0) is 14.7. The van der Waals surface area contributed by atoms with Crippen LogP contribution in [0.25, 0.3) is 0 Å². The Morgan fingerprint density at radius 1 is 1.20 bits per heavy atom. The molecule has 20 heavy (non-hydrogen) atoms. The van der Waals surface area contributed by atoms with E-state index in [0.29, 0.717) is 16.3 Å². The van der Waals surface area contributed by atoms with Gasteiger partial charge in [0.2, 0.25) is 0 Å². The second-order valence-electron chi connectivity index (χ2n) is 4.24. The summed E-state index contributed by atoms with van der Waals surface area (Å²) in [5, 5.41) is 13.6. The zero-order valence-corrected chi connectivity index (χ0v) is 11.3. The number of hydrogen-bond donors (Lipinski definition) is 1. The molecule has 1 amide bonds. The third kappa shape index (κ3) is 3.13. The summed E-state index contributed by atoms with van der Waals surface area (Å²) < 4.78 is 0. The normalized spacial score (nSPS) is 10.1. The predicted molar refractivity (Wildman–Crippen MR) is 77.2 cm³/mol. The van der Waals surface area contributed by atoms with Gasteiger partial charge in [-0.15, -0.1) is 0 Å². The van der Waals surface area contributed by atoms with Crippen LogP contribution in [0.3, 0.4) is 0 Å². The van der Waals surface area contributed by atoms with Gasteiger partial charge in [0, 0.05) is 17.7 Å². The summed E-state index contributed by atoms with van der Waals surface area (Å²) in [5.41, 5.74) is 1.76. The summed E-state index contributed by atoms with van der Waals surface area (Å²) in [4.78, 5) is 22.0. The molecular weight excluding hydrogens is 280 g/mol. The SMILES string of the molecule is Cc1ccc(NC(=O)c2ccc([N+](=O)[O-])cc2)c(Cl)c1. The number of rotatable bonds is 3. The van der Waals surface area contributed by atoms with Crippen LogP contribution in [0.2, 0.25) is 5.02 Å². The van der Waals surface area contributed by atoms with Crippen LogP contribution < -0.4 is 5.32 Å². The minimum absolute atomic E-state index is 0.0603. The van der Waals surface area contributed by atoms with Gasteiger partial charge in [0.15, 0.2) is 0 Å². The van der Waals surface area contributed by atoms with Crippen molar-refractivity contribution in [3.63, 3.8) is 0 Å². The summed E-state index contributed by atoms with van der Waals surface area (Å²) in [6.07, 6.45) is 0. The second-order valence-corrected chi connectivity index (χ2v) is 4.65. The number of halogens is 1. The molecule has 0 radical (unpaired) electrons. The number of anilines is 1. The number of carbonyl (C=O) groups excluding carboxylic acids is 1. The molecule has 0 bridgehead atoms. The van der Waals surface area contributed by atoms with E-state index >= 15 is 0 Å². The average molecular weight is 291 g/mol. The lowest BCUT2D eigenvalue weighted by Crippen LogP contribution is -2.12. The fourth-order valence-electron chi connectivity index (χ4n) is 1.65. The second kappa shape index (κ2) is 5.71. The van der Waals surface area contributed by atoms with Crippen molar-refractivity contribution in [2.75, 3.05) is 5.32 Å². The van der Waals surface area contributed by atoms with Crippen LogP contribution in [0.4, 0.5) is 11.4 Å². The molecule has 0 unspecified atom stereocenters. The van der Waals surface area contributed by atoms with Crippen molar-refractivity contribution in [1.29, 1.82) is 0 Å². The summed E-state index contributed by atoms with van der Waals surface area (Å²) >= 11 is 6.02. The van der Waals surface area contributed by atoms with Crippen molar-refractivity contribution in [2.45, 2.75) is 6.92 Å². The highest BCUT2D eigenvalue weighted by molar-refractivity contribution is 6.34. The molecule has 0 heterocycles. The standard InChI is InChI=1S/C14H11ClN2O3/c1-9-2-7-13(12(15)8-9)16-14(18)10-3-5-11(6-4-10)17(19)20/h2-8H,1H3,(H,16,18). The number of nitro groups is 1. The molecule has 2 aromatic rings. The maximum absolute atomic E-state index is 12.0. The van der Waals surface area contributed by atoms with Crippen molar-refractivity contribution in [3.05, 3.63) is 68.7 Å². The molecule has 0 aliphatic carbocycles. The number of nitrogens with zero attached hydrogens (tertiary/aromatic N) is 1. The van der Waals surface area contributed by atoms with Gasteiger partial charge in [-0.2, -0.15) is 0 Å². The highest BCUT2D eigenvalue weighted by Crippen LogP contribution is 2.23. The number of nitro benzene ring substituents is 1. The molecule has 0 fully saturated rings. The molecule has 2 rings (SSSR count). The van der Waals surface area contributed by atoms with Crippen LogP contribution in [-0.4, -0.2) is 10.8 Å². The third-order valence-corrected chi connectivity index (χ3v) is 3.03. The van der Waals surface area contributed by atoms with Gasteiger partial charge in [0.25, 0.3) is 11.6 Å². The number of nitrogens with one attached hydrogen (secondary N) is 1.